The fraction of sp³-hybridized carbons (Fsp3) is 0.500. The maximum absolute atomic E-state index is 12.2. The number of carbonyl (C=O) groups is 2. The van der Waals surface area contributed by atoms with E-state index in [2.05, 4.69) is 10.2 Å². The van der Waals surface area contributed by atoms with Crippen LogP contribution in [0.3, 0.4) is 0 Å². The van der Waals surface area contributed by atoms with Crippen molar-refractivity contribution in [3.63, 3.8) is 0 Å². The third-order valence-electron chi connectivity index (χ3n) is 3.98. The van der Waals surface area contributed by atoms with Crippen LogP contribution in [0.5, 0.6) is 0 Å². The van der Waals surface area contributed by atoms with E-state index in [1.165, 1.54) is 6.92 Å². The van der Waals surface area contributed by atoms with Crippen LogP contribution in [0.25, 0.3) is 0 Å². The Morgan fingerprint density at radius 3 is 2.65 bits per heavy atom. The van der Waals surface area contributed by atoms with Gasteiger partial charge in [-0.15, -0.1) is 0 Å². The molecule has 2 saturated heterocycles. The number of nitrogens with one attached hydrogen (secondary N) is 1. The number of carbonyl (C=O) groups excluding carboxylic acids is 2. The van der Waals surface area contributed by atoms with Crippen molar-refractivity contribution in [1.82, 2.24) is 5.32 Å². The molecule has 1 atom stereocenters. The van der Waals surface area contributed by atoms with Crippen LogP contribution in [0.15, 0.2) is 24.3 Å². The van der Waals surface area contributed by atoms with Gasteiger partial charge in [-0.05, 0) is 12.1 Å². The molecule has 7 nitrogen and oxygen atoms in total. The molecule has 2 amide bonds. The van der Waals surface area contributed by atoms with Gasteiger partial charge >= 0.3 is 6.09 Å². The highest BCUT2D eigenvalue weighted by Crippen LogP contribution is 2.32. The minimum atomic E-state index is -0.374. The highest BCUT2D eigenvalue weighted by Gasteiger charge is 2.34. The Labute approximate surface area is 135 Å². The fourth-order valence-electron chi connectivity index (χ4n) is 2.85. The van der Waals surface area contributed by atoms with E-state index in [9.17, 15) is 9.59 Å². The number of hydrogen-bond donors (Lipinski definition) is 1. The molecule has 3 rings (SSSR count). The summed E-state index contributed by atoms with van der Waals surface area (Å²) in [5.41, 5.74) is 1.85. The highest BCUT2D eigenvalue weighted by molar-refractivity contribution is 5.94. The van der Waals surface area contributed by atoms with Gasteiger partial charge in [0, 0.05) is 20.0 Å². The predicted molar refractivity (Wildman–Crippen MR) is 85.8 cm³/mol. The monoisotopic (exact) mass is 319 g/mol. The van der Waals surface area contributed by atoms with Crippen molar-refractivity contribution < 1.29 is 19.1 Å². The number of benzene rings is 1. The minimum Gasteiger partial charge on any atom is -0.442 e. The third kappa shape index (κ3) is 3.56. The van der Waals surface area contributed by atoms with Gasteiger partial charge in [-0.2, -0.15) is 0 Å². The van der Waals surface area contributed by atoms with Gasteiger partial charge in [0.25, 0.3) is 0 Å². The van der Waals surface area contributed by atoms with Gasteiger partial charge in [-0.25, -0.2) is 4.79 Å². The van der Waals surface area contributed by atoms with Gasteiger partial charge in [-0.3, -0.25) is 9.69 Å². The Morgan fingerprint density at radius 1 is 1.26 bits per heavy atom. The van der Waals surface area contributed by atoms with Gasteiger partial charge in [0.2, 0.25) is 5.91 Å². The van der Waals surface area contributed by atoms with Crippen LogP contribution in [0.2, 0.25) is 0 Å². The van der Waals surface area contributed by atoms with Gasteiger partial charge in [-0.1, -0.05) is 12.1 Å². The van der Waals surface area contributed by atoms with E-state index >= 15 is 0 Å². The van der Waals surface area contributed by atoms with E-state index in [1.807, 2.05) is 24.3 Å². The van der Waals surface area contributed by atoms with Gasteiger partial charge in [0.1, 0.15) is 6.10 Å². The first-order valence-corrected chi connectivity index (χ1v) is 7.79. The molecular weight excluding hydrogens is 298 g/mol. The normalized spacial score (nSPS) is 21.3. The van der Waals surface area contributed by atoms with Crippen LogP contribution in [0.1, 0.15) is 6.92 Å². The molecule has 0 saturated carbocycles. The molecule has 0 radical (unpaired) electrons. The number of amides is 2. The molecule has 0 aliphatic carbocycles. The molecule has 2 heterocycles. The summed E-state index contributed by atoms with van der Waals surface area (Å²) in [6.45, 7) is 5.18. The standard InChI is InChI=1S/C16H21N3O4/c1-12(20)17-10-13-11-19(16(21)23-13)15-5-3-2-4-14(15)18-6-8-22-9-7-18/h2-5,13H,6-11H2,1H3,(H,17,20). The first-order chi connectivity index (χ1) is 11.1. The summed E-state index contributed by atoms with van der Waals surface area (Å²) in [6, 6.07) is 7.81. The number of rotatable bonds is 4. The SMILES string of the molecule is CC(=O)NCC1CN(c2ccccc2N2CCOCC2)C(=O)O1. The largest absolute Gasteiger partial charge is 0.442 e. The first kappa shape index (κ1) is 15.6. The third-order valence-corrected chi connectivity index (χ3v) is 3.98. The quantitative estimate of drug-likeness (QED) is 0.896. The molecule has 23 heavy (non-hydrogen) atoms. The lowest BCUT2D eigenvalue weighted by molar-refractivity contribution is -0.119. The summed E-state index contributed by atoms with van der Waals surface area (Å²) in [4.78, 5) is 27.1. The predicted octanol–water partition coefficient (Wildman–Crippen LogP) is 0.984. The van der Waals surface area contributed by atoms with Crippen molar-refractivity contribution in [3.05, 3.63) is 24.3 Å². The maximum atomic E-state index is 12.2. The van der Waals surface area contributed by atoms with Gasteiger partial charge in [0.05, 0.1) is 37.7 Å². The Morgan fingerprint density at radius 2 is 1.96 bits per heavy atom. The Hall–Kier alpha value is -2.28. The van der Waals surface area contributed by atoms with Crippen molar-refractivity contribution >= 4 is 23.4 Å². The van der Waals surface area contributed by atoms with E-state index in [4.69, 9.17) is 9.47 Å². The van der Waals surface area contributed by atoms with Crippen LogP contribution in [0, 0.1) is 0 Å². The molecule has 2 aliphatic rings. The van der Waals surface area contributed by atoms with Gasteiger partial charge < -0.3 is 19.7 Å². The van der Waals surface area contributed by atoms with Crippen LogP contribution in [-0.2, 0) is 14.3 Å². The minimum absolute atomic E-state index is 0.131. The first-order valence-electron chi connectivity index (χ1n) is 7.79. The number of anilines is 2. The second kappa shape index (κ2) is 6.87. The number of para-hydroxylation sites is 2. The molecule has 7 heteroatoms. The molecule has 1 aromatic carbocycles. The van der Waals surface area contributed by atoms with E-state index < -0.39 is 0 Å². The van der Waals surface area contributed by atoms with E-state index in [1.54, 1.807) is 4.90 Å². The molecule has 1 unspecified atom stereocenters. The zero-order valence-electron chi connectivity index (χ0n) is 13.2. The van der Waals surface area contributed by atoms with E-state index in [0.29, 0.717) is 26.3 Å². The van der Waals surface area contributed by atoms with Crippen molar-refractivity contribution in [3.8, 4) is 0 Å². The van der Waals surface area contributed by atoms with E-state index in [-0.39, 0.29) is 18.1 Å². The van der Waals surface area contributed by atoms with Crippen LogP contribution >= 0.6 is 0 Å². The lowest BCUT2D eigenvalue weighted by Crippen LogP contribution is -2.38. The molecule has 2 aliphatic heterocycles. The summed E-state index contributed by atoms with van der Waals surface area (Å²) in [5.74, 6) is -0.131. The molecule has 0 spiro atoms. The Bertz CT molecular complexity index is 586. The lowest BCUT2D eigenvalue weighted by Gasteiger charge is -2.31. The molecule has 0 aromatic heterocycles. The molecule has 1 aromatic rings. The summed E-state index contributed by atoms with van der Waals surface area (Å²) < 4.78 is 10.7. The zero-order valence-corrected chi connectivity index (χ0v) is 13.2. The fourth-order valence-corrected chi connectivity index (χ4v) is 2.85. The summed E-state index contributed by atoms with van der Waals surface area (Å²) in [5, 5.41) is 2.69. The number of nitrogens with zero attached hydrogens (tertiary/aromatic N) is 2. The number of morpholine rings is 1. The van der Waals surface area contributed by atoms with E-state index in [0.717, 1.165) is 24.5 Å². The average molecular weight is 319 g/mol. The molecule has 2 fully saturated rings. The summed E-state index contributed by atoms with van der Waals surface area (Å²) in [7, 11) is 0. The van der Waals surface area contributed by atoms with Gasteiger partial charge in [0.15, 0.2) is 0 Å². The lowest BCUT2D eigenvalue weighted by atomic mass is 10.2. The van der Waals surface area contributed by atoms with Crippen molar-refractivity contribution in [1.29, 1.82) is 0 Å². The highest BCUT2D eigenvalue weighted by atomic mass is 16.6. The second-order valence-electron chi connectivity index (χ2n) is 5.64. The maximum Gasteiger partial charge on any atom is 0.414 e. The topological polar surface area (TPSA) is 71.1 Å². The average Bonchev–Trinajstić information content (AvgIpc) is 2.94. The number of ether oxygens (including phenoxy) is 2. The Kier molecular flexibility index (Phi) is 4.66. The molecule has 124 valence electrons. The smallest absolute Gasteiger partial charge is 0.414 e. The number of cyclic esters (lactones) is 1. The number of hydrogen-bond acceptors (Lipinski definition) is 5. The molecule has 1 N–H and O–H groups in total. The van der Waals surface area contributed by atoms with Crippen molar-refractivity contribution in [2.75, 3.05) is 49.2 Å². The van der Waals surface area contributed by atoms with Crippen molar-refractivity contribution in [2.45, 2.75) is 13.0 Å². The summed E-state index contributed by atoms with van der Waals surface area (Å²) >= 11 is 0. The summed E-state index contributed by atoms with van der Waals surface area (Å²) in [6.07, 6.45) is -0.704. The second-order valence-corrected chi connectivity index (χ2v) is 5.64. The van der Waals surface area contributed by atoms with Crippen LogP contribution in [-0.4, -0.2) is 57.5 Å². The molecule has 0 bridgehead atoms. The zero-order chi connectivity index (χ0) is 16.2. The van der Waals surface area contributed by atoms with Crippen LogP contribution < -0.4 is 15.1 Å². The van der Waals surface area contributed by atoms with Crippen molar-refractivity contribution in [2.24, 2.45) is 0 Å². The van der Waals surface area contributed by atoms with Crippen LogP contribution in [0.4, 0.5) is 16.2 Å². The molecular formula is C16H21N3O4. The Balaban J connectivity index is 1.76.